The molecule has 0 aromatic carbocycles. The second-order valence-corrected chi connectivity index (χ2v) is 2.52. The fraction of sp³-hybridized carbons (Fsp3) is 0.286. The van der Waals surface area contributed by atoms with Gasteiger partial charge in [-0.3, -0.25) is 0 Å². The van der Waals surface area contributed by atoms with Gasteiger partial charge in [-0.05, 0) is 19.1 Å². The molecule has 0 aliphatic heterocycles. The lowest BCUT2D eigenvalue weighted by atomic mass is 10.1. The van der Waals surface area contributed by atoms with Crippen LogP contribution in [0.2, 0.25) is 0 Å². The van der Waals surface area contributed by atoms with Crippen LogP contribution in [0, 0.1) is 0 Å². The molecule has 0 nitrogen and oxygen atoms in total. The second kappa shape index (κ2) is 2.40. The molecule has 0 bridgehead atoms. The summed E-state index contributed by atoms with van der Waals surface area (Å²) in [5.41, 5.74) is 1.02. The predicted octanol–water partition coefficient (Wildman–Crippen LogP) is 2.21. The van der Waals surface area contributed by atoms with E-state index in [9.17, 15) is 4.39 Å². The van der Waals surface area contributed by atoms with Gasteiger partial charge in [0.05, 0.1) is 4.86 Å². The van der Waals surface area contributed by atoms with E-state index in [-0.39, 0.29) is 0 Å². The highest BCUT2D eigenvalue weighted by Crippen LogP contribution is 2.10. The number of allylic oxidation sites excluding steroid dienone is 4. The minimum atomic E-state index is -1.04. The lowest BCUT2D eigenvalue weighted by Gasteiger charge is -2.05. The molecule has 1 atom stereocenters. The third kappa shape index (κ3) is 1.45. The van der Waals surface area contributed by atoms with E-state index in [4.69, 9.17) is 12.2 Å². The van der Waals surface area contributed by atoms with Gasteiger partial charge in [-0.2, -0.15) is 0 Å². The lowest BCUT2D eigenvalue weighted by Crippen LogP contribution is -2.10. The average molecular weight is 142 g/mol. The van der Waals surface area contributed by atoms with Crippen molar-refractivity contribution in [1.82, 2.24) is 0 Å². The van der Waals surface area contributed by atoms with Crippen LogP contribution in [-0.4, -0.2) is 11.0 Å². The average Bonchev–Trinajstić information content (AvgIpc) is 1.80. The minimum absolute atomic E-state index is 0.384. The van der Waals surface area contributed by atoms with Gasteiger partial charge in [-0.1, -0.05) is 23.9 Å². The van der Waals surface area contributed by atoms with Gasteiger partial charge in [-0.15, -0.1) is 0 Å². The normalized spacial score (nSPS) is 26.2. The van der Waals surface area contributed by atoms with Crippen molar-refractivity contribution in [3.05, 3.63) is 23.8 Å². The molecule has 1 rings (SSSR count). The molecule has 0 saturated carbocycles. The van der Waals surface area contributed by atoms with Crippen molar-refractivity contribution in [3.8, 4) is 0 Å². The third-order valence-electron chi connectivity index (χ3n) is 1.17. The van der Waals surface area contributed by atoms with E-state index < -0.39 is 6.17 Å². The quantitative estimate of drug-likeness (QED) is 0.467. The van der Waals surface area contributed by atoms with Crippen molar-refractivity contribution in [3.63, 3.8) is 0 Å². The summed E-state index contributed by atoms with van der Waals surface area (Å²) in [5.74, 6) is 0. The fourth-order valence-electron chi connectivity index (χ4n) is 0.683. The summed E-state index contributed by atoms with van der Waals surface area (Å²) in [6, 6.07) is 0. The highest BCUT2D eigenvalue weighted by molar-refractivity contribution is 7.80. The Balaban J connectivity index is 2.82. The Morgan fingerprint density at radius 3 is 2.78 bits per heavy atom. The van der Waals surface area contributed by atoms with E-state index in [1.807, 2.05) is 6.92 Å². The van der Waals surface area contributed by atoms with Crippen molar-refractivity contribution < 1.29 is 4.39 Å². The standard InChI is InChI=1S/C7H7FS/c1-5-2-3-6(8)7(9)4-5/h2-4,6H,1H3. The molecule has 0 N–H and O–H groups in total. The monoisotopic (exact) mass is 142 g/mol. The van der Waals surface area contributed by atoms with Crippen LogP contribution >= 0.6 is 12.2 Å². The van der Waals surface area contributed by atoms with Crippen LogP contribution in [0.25, 0.3) is 0 Å². The maximum Gasteiger partial charge on any atom is 0.154 e. The van der Waals surface area contributed by atoms with Crippen LogP contribution < -0.4 is 0 Å². The van der Waals surface area contributed by atoms with Crippen molar-refractivity contribution in [2.24, 2.45) is 0 Å². The Hall–Kier alpha value is -0.500. The Labute approximate surface area is 59.1 Å². The Kier molecular flexibility index (Phi) is 1.76. The highest BCUT2D eigenvalue weighted by Gasteiger charge is 2.09. The molecule has 2 heteroatoms. The van der Waals surface area contributed by atoms with Crippen molar-refractivity contribution in [1.29, 1.82) is 0 Å². The van der Waals surface area contributed by atoms with Gasteiger partial charge in [0.1, 0.15) is 0 Å². The summed E-state index contributed by atoms with van der Waals surface area (Å²) in [6.07, 6.45) is 3.85. The summed E-state index contributed by atoms with van der Waals surface area (Å²) in [6.45, 7) is 1.90. The second-order valence-electron chi connectivity index (χ2n) is 2.05. The molecule has 0 radical (unpaired) electrons. The van der Waals surface area contributed by atoms with E-state index >= 15 is 0 Å². The van der Waals surface area contributed by atoms with E-state index in [2.05, 4.69) is 0 Å². The molecule has 1 aliphatic rings. The molecule has 0 amide bonds. The van der Waals surface area contributed by atoms with Crippen LogP contribution in [0.4, 0.5) is 4.39 Å². The third-order valence-corrected chi connectivity index (χ3v) is 1.51. The molecule has 0 heterocycles. The first-order chi connectivity index (χ1) is 4.20. The number of rotatable bonds is 0. The van der Waals surface area contributed by atoms with E-state index in [0.717, 1.165) is 5.57 Å². The van der Waals surface area contributed by atoms with Crippen LogP contribution in [0.5, 0.6) is 0 Å². The fourth-order valence-corrected chi connectivity index (χ4v) is 0.948. The molecule has 0 fully saturated rings. The van der Waals surface area contributed by atoms with Crippen LogP contribution in [0.1, 0.15) is 6.92 Å². The molecular weight excluding hydrogens is 135 g/mol. The van der Waals surface area contributed by atoms with Crippen molar-refractivity contribution >= 4 is 17.1 Å². The molecule has 0 saturated heterocycles. The summed E-state index contributed by atoms with van der Waals surface area (Å²) >= 11 is 4.70. The number of hydrogen-bond acceptors (Lipinski definition) is 1. The largest absolute Gasteiger partial charge is 0.237 e. The van der Waals surface area contributed by atoms with Gasteiger partial charge in [0.15, 0.2) is 6.17 Å². The highest BCUT2D eigenvalue weighted by atomic mass is 32.1. The number of halogens is 1. The zero-order valence-corrected chi connectivity index (χ0v) is 5.91. The van der Waals surface area contributed by atoms with E-state index in [1.165, 1.54) is 6.08 Å². The van der Waals surface area contributed by atoms with Gasteiger partial charge < -0.3 is 0 Å². The first kappa shape index (κ1) is 6.62. The first-order valence-electron chi connectivity index (χ1n) is 2.74. The molecule has 0 spiro atoms. The molecule has 0 aromatic rings. The van der Waals surface area contributed by atoms with Crippen LogP contribution in [-0.2, 0) is 0 Å². The summed E-state index contributed by atoms with van der Waals surface area (Å²) in [4.78, 5) is 0.384. The summed E-state index contributed by atoms with van der Waals surface area (Å²) < 4.78 is 12.5. The number of alkyl halides is 1. The molecule has 0 aromatic heterocycles. The maximum absolute atomic E-state index is 12.5. The maximum atomic E-state index is 12.5. The van der Waals surface area contributed by atoms with Gasteiger partial charge in [-0.25, -0.2) is 4.39 Å². The minimum Gasteiger partial charge on any atom is -0.237 e. The van der Waals surface area contributed by atoms with Crippen LogP contribution in [0.3, 0.4) is 0 Å². The number of hydrogen-bond donors (Lipinski definition) is 0. The lowest BCUT2D eigenvalue weighted by molar-refractivity contribution is 0.496. The molecule has 1 aliphatic carbocycles. The summed E-state index contributed by atoms with van der Waals surface area (Å²) in [5, 5.41) is 0. The zero-order chi connectivity index (χ0) is 6.85. The molecule has 1 unspecified atom stereocenters. The molecule has 9 heavy (non-hydrogen) atoms. The molecular formula is C7H7FS. The van der Waals surface area contributed by atoms with Crippen molar-refractivity contribution in [2.75, 3.05) is 0 Å². The van der Waals surface area contributed by atoms with Gasteiger partial charge in [0.2, 0.25) is 0 Å². The summed E-state index contributed by atoms with van der Waals surface area (Å²) in [7, 11) is 0. The topological polar surface area (TPSA) is 0 Å². The SMILES string of the molecule is CC1=CC(=S)C(F)C=C1. The Morgan fingerprint density at radius 2 is 2.33 bits per heavy atom. The smallest absolute Gasteiger partial charge is 0.154 e. The Morgan fingerprint density at radius 1 is 1.67 bits per heavy atom. The zero-order valence-electron chi connectivity index (χ0n) is 5.10. The van der Waals surface area contributed by atoms with Gasteiger partial charge in [0, 0.05) is 0 Å². The van der Waals surface area contributed by atoms with Gasteiger partial charge >= 0.3 is 0 Å². The first-order valence-corrected chi connectivity index (χ1v) is 3.15. The molecule has 48 valence electrons. The number of thiocarbonyl (C=S) groups is 1. The Bertz CT molecular complexity index is 191. The van der Waals surface area contributed by atoms with Gasteiger partial charge in [0.25, 0.3) is 0 Å². The van der Waals surface area contributed by atoms with E-state index in [0.29, 0.717) is 4.86 Å². The van der Waals surface area contributed by atoms with Crippen molar-refractivity contribution in [2.45, 2.75) is 13.1 Å². The van der Waals surface area contributed by atoms with E-state index in [1.54, 1.807) is 12.2 Å². The predicted molar refractivity (Wildman–Crippen MR) is 40.4 cm³/mol. The van der Waals surface area contributed by atoms with Crippen LogP contribution in [0.15, 0.2) is 23.8 Å².